The maximum absolute atomic E-state index is 14.0. The second kappa shape index (κ2) is 11.4. The first kappa shape index (κ1) is 31.3. The fraction of sp³-hybridized carbons (Fsp3) is 0.441. The first-order chi connectivity index (χ1) is 20.5. The van der Waals surface area contributed by atoms with Crippen molar-refractivity contribution in [3.8, 4) is 28.4 Å². The molecule has 0 spiro atoms. The number of nitrogens with one attached hydrogen (secondary N) is 1. The Morgan fingerprint density at radius 2 is 1.59 bits per heavy atom. The van der Waals surface area contributed by atoms with Crippen molar-refractivity contribution in [1.82, 2.24) is 14.8 Å². The van der Waals surface area contributed by atoms with E-state index in [4.69, 9.17) is 9.47 Å². The molecule has 9 nitrogen and oxygen atoms in total. The Bertz CT molecular complexity index is 1660. The van der Waals surface area contributed by atoms with Crippen molar-refractivity contribution in [2.45, 2.75) is 90.5 Å². The number of urea groups is 1. The number of rotatable bonds is 7. The predicted octanol–water partition coefficient (Wildman–Crippen LogP) is 5.85. The van der Waals surface area contributed by atoms with Gasteiger partial charge in [0.15, 0.2) is 0 Å². The molecule has 2 heterocycles. The minimum Gasteiger partial charge on any atom is -0.490 e. The fourth-order valence-corrected chi connectivity index (χ4v) is 6.00. The SMILES string of the molecule is Cc1cc(F)cc(C)c1Oc1ccc(C(C)(C)O)cc1-c1cn(C)c(=O)cc1O[C@H]1CC[C@H](N2C(=O)NC(C)(C)C2=O)CC1. The fourth-order valence-electron chi connectivity index (χ4n) is 6.00. The van der Waals surface area contributed by atoms with Crippen LogP contribution >= 0.6 is 0 Å². The normalized spacial score (nSPS) is 20.1. The van der Waals surface area contributed by atoms with Crippen LogP contribution in [0.2, 0.25) is 0 Å². The van der Waals surface area contributed by atoms with Gasteiger partial charge in [0.25, 0.3) is 11.5 Å². The van der Waals surface area contributed by atoms with Crippen LogP contribution in [0.1, 0.15) is 70.1 Å². The van der Waals surface area contributed by atoms with E-state index in [0.29, 0.717) is 70.7 Å². The summed E-state index contributed by atoms with van der Waals surface area (Å²) in [4.78, 5) is 39.5. The minimum atomic E-state index is -1.16. The number of nitrogens with zero attached hydrogens (tertiary/aromatic N) is 2. The summed E-state index contributed by atoms with van der Waals surface area (Å²) in [5.41, 5.74) is 0.714. The van der Waals surface area contributed by atoms with Crippen LogP contribution in [-0.4, -0.2) is 44.2 Å². The number of hydrogen-bond donors (Lipinski definition) is 2. The van der Waals surface area contributed by atoms with Crippen molar-refractivity contribution in [3.63, 3.8) is 0 Å². The molecule has 2 aromatic carbocycles. The number of aliphatic hydroxyl groups is 1. The highest BCUT2D eigenvalue weighted by Gasteiger charge is 2.47. The van der Waals surface area contributed by atoms with E-state index in [2.05, 4.69) is 5.32 Å². The maximum Gasteiger partial charge on any atom is 0.325 e. The monoisotopic (exact) mass is 605 g/mol. The number of ether oxygens (including phenoxy) is 2. The molecule has 3 aromatic rings. The molecule has 5 rings (SSSR count). The summed E-state index contributed by atoms with van der Waals surface area (Å²) < 4.78 is 28.4. The van der Waals surface area contributed by atoms with Crippen molar-refractivity contribution in [2.75, 3.05) is 0 Å². The summed E-state index contributed by atoms with van der Waals surface area (Å²) in [6.07, 6.45) is 3.74. The van der Waals surface area contributed by atoms with Crippen molar-refractivity contribution in [2.24, 2.45) is 7.05 Å². The molecule has 0 bridgehead atoms. The molecule has 234 valence electrons. The molecule has 0 atom stereocenters. The van der Waals surface area contributed by atoms with Crippen molar-refractivity contribution >= 4 is 11.9 Å². The van der Waals surface area contributed by atoms with Crippen molar-refractivity contribution in [3.05, 3.63) is 75.5 Å². The van der Waals surface area contributed by atoms with Crippen LogP contribution in [0.3, 0.4) is 0 Å². The summed E-state index contributed by atoms with van der Waals surface area (Å²) in [6.45, 7) is 10.3. The van der Waals surface area contributed by atoms with E-state index in [1.54, 1.807) is 66.9 Å². The summed E-state index contributed by atoms with van der Waals surface area (Å²) in [5.74, 6) is 0.735. The quantitative estimate of drug-likeness (QED) is 0.327. The largest absolute Gasteiger partial charge is 0.490 e. The van der Waals surface area contributed by atoms with Gasteiger partial charge in [0.1, 0.15) is 28.6 Å². The standard InChI is InChI=1S/C34H40FN3O6/c1-19-14-22(35)15-20(2)30(19)44-27-13-8-21(34(5,6)42)16-25(27)26-18-37(7)29(39)17-28(26)43-24-11-9-23(10-12-24)38-31(40)33(3,4)36-32(38)41/h8,13-18,23-24,42H,9-12H2,1-7H3,(H,36,41)/t23-,24-. The van der Waals surface area contributed by atoms with Gasteiger partial charge in [0.05, 0.1) is 11.7 Å². The van der Waals surface area contributed by atoms with E-state index >= 15 is 0 Å². The molecule has 0 radical (unpaired) electrons. The average molecular weight is 606 g/mol. The topological polar surface area (TPSA) is 110 Å². The second-order valence-electron chi connectivity index (χ2n) is 13.0. The third-order valence-electron chi connectivity index (χ3n) is 8.50. The highest BCUT2D eigenvalue weighted by atomic mass is 19.1. The molecule has 1 aliphatic carbocycles. The molecule has 2 aliphatic rings. The highest BCUT2D eigenvalue weighted by molar-refractivity contribution is 6.06. The van der Waals surface area contributed by atoms with E-state index in [-0.39, 0.29) is 35.5 Å². The zero-order valence-electron chi connectivity index (χ0n) is 26.3. The number of benzene rings is 2. The van der Waals surface area contributed by atoms with Crippen LogP contribution in [0.5, 0.6) is 17.2 Å². The number of carbonyl (C=O) groups excluding carboxylic acids is 2. The van der Waals surface area contributed by atoms with Crippen LogP contribution in [0.15, 0.2) is 47.4 Å². The van der Waals surface area contributed by atoms with E-state index in [0.717, 1.165) is 0 Å². The van der Waals surface area contributed by atoms with E-state index in [9.17, 15) is 23.9 Å². The highest BCUT2D eigenvalue weighted by Crippen LogP contribution is 2.42. The number of aromatic nitrogens is 1. The lowest BCUT2D eigenvalue weighted by molar-refractivity contribution is -0.132. The maximum atomic E-state index is 14.0. The molecular weight excluding hydrogens is 565 g/mol. The smallest absolute Gasteiger partial charge is 0.325 e. The van der Waals surface area contributed by atoms with Gasteiger partial charge in [-0.05, 0) is 108 Å². The zero-order chi connectivity index (χ0) is 32.1. The van der Waals surface area contributed by atoms with Gasteiger partial charge in [0.2, 0.25) is 0 Å². The van der Waals surface area contributed by atoms with Crippen molar-refractivity contribution < 1.29 is 28.6 Å². The van der Waals surface area contributed by atoms with Crippen LogP contribution in [0.4, 0.5) is 9.18 Å². The number of carbonyl (C=O) groups is 2. The molecule has 1 saturated carbocycles. The number of halogens is 1. The molecule has 44 heavy (non-hydrogen) atoms. The zero-order valence-corrected chi connectivity index (χ0v) is 26.3. The molecule has 10 heteroatoms. The van der Waals surface area contributed by atoms with Gasteiger partial charge in [-0.1, -0.05) is 6.07 Å². The summed E-state index contributed by atoms with van der Waals surface area (Å²) in [6, 6.07) is 9.00. The summed E-state index contributed by atoms with van der Waals surface area (Å²) >= 11 is 0. The first-order valence-corrected chi connectivity index (χ1v) is 14.9. The number of imide groups is 1. The van der Waals surface area contributed by atoms with Gasteiger partial charge in [-0.15, -0.1) is 0 Å². The molecule has 2 N–H and O–H groups in total. The predicted molar refractivity (Wildman–Crippen MR) is 164 cm³/mol. The molecular formula is C34H40FN3O6. The molecule has 2 fully saturated rings. The summed E-state index contributed by atoms with van der Waals surface area (Å²) in [7, 11) is 1.65. The molecule has 1 saturated heterocycles. The molecule has 0 unspecified atom stereocenters. The van der Waals surface area contributed by atoms with Gasteiger partial charge in [-0.25, -0.2) is 9.18 Å². The molecule has 1 aromatic heterocycles. The van der Waals surface area contributed by atoms with Gasteiger partial charge in [-0.2, -0.15) is 0 Å². The Morgan fingerprint density at radius 1 is 0.955 bits per heavy atom. The van der Waals surface area contributed by atoms with E-state index in [1.165, 1.54) is 27.7 Å². The summed E-state index contributed by atoms with van der Waals surface area (Å²) in [5, 5.41) is 13.6. The van der Waals surface area contributed by atoms with Gasteiger partial charge < -0.3 is 24.5 Å². The van der Waals surface area contributed by atoms with Gasteiger partial charge >= 0.3 is 6.03 Å². The van der Waals surface area contributed by atoms with Crippen molar-refractivity contribution in [1.29, 1.82) is 0 Å². The van der Waals surface area contributed by atoms with Crippen LogP contribution in [-0.2, 0) is 17.4 Å². The van der Waals surface area contributed by atoms with E-state index < -0.39 is 11.1 Å². The van der Waals surface area contributed by atoms with Gasteiger partial charge in [-0.3, -0.25) is 14.5 Å². The number of hydrogen-bond acceptors (Lipinski definition) is 6. The number of pyridine rings is 1. The van der Waals surface area contributed by atoms with Crippen LogP contribution < -0.4 is 20.3 Å². The Hall–Kier alpha value is -4.18. The lowest BCUT2D eigenvalue weighted by Crippen LogP contribution is -2.45. The first-order valence-electron chi connectivity index (χ1n) is 14.9. The van der Waals surface area contributed by atoms with Crippen LogP contribution in [0, 0.1) is 19.7 Å². The lowest BCUT2D eigenvalue weighted by Gasteiger charge is -2.33. The minimum absolute atomic E-state index is 0.224. The molecule has 3 amide bonds. The van der Waals surface area contributed by atoms with E-state index in [1.807, 2.05) is 6.07 Å². The van der Waals surface area contributed by atoms with Crippen LogP contribution in [0.25, 0.3) is 11.1 Å². The Balaban J connectivity index is 1.49. The number of aryl methyl sites for hydroxylation is 3. The molecule has 1 aliphatic heterocycles. The average Bonchev–Trinajstić information content (AvgIpc) is 3.13. The Labute approximate surface area is 256 Å². The third kappa shape index (κ3) is 6.08. The Morgan fingerprint density at radius 3 is 2.16 bits per heavy atom. The Kier molecular flexibility index (Phi) is 8.09. The second-order valence-corrected chi connectivity index (χ2v) is 13.0. The lowest BCUT2D eigenvalue weighted by atomic mass is 9.91. The van der Waals surface area contributed by atoms with Gasteiger partial charge in [0, 0.05) is 36.5 Å². The number of amides is 3. The third-order valence-corrected chi connectivity index (χ3v) is 8.50.